The molecule has 188 valence electrons. The van der Waals surface area contributed by atoms with Gasteiger partial charge in [-0.1, -0.05) is 144 Å². The molecule has 0 spiro atoms. The van der Waals surface area contributed by atoms with Gasteiger partial charge in [0, 0.05) is 6.61 Å². The van der Waals surface area contributed by atoms with Gasteiger partial charge in [0.05, 0.1) is 0 Å². The average Bonchev–Trinajstić information content (AvgIpc) is 2.73. The Hall–Kier alpha value is -0.0400. The third-order valence-corrected chi connectivity index (χ3v) is 7.28. The molecular formula is C30H62O. The minimum atomic E-state index is 0.342. The van der Waals surface area contributed by atoms with E-state index in [9.17, 15) is 5.11 Å². The molecule has 0 aliphatic carbocycles. The summed E-state index contributed by atoms with van der Waals surface area (Å²) in [5, 5.41) is 9.23. The molecule has 0 fully saturated rings. The quantitative estimate of drug-likeness (QED) is 0.149. The van der Waals surface area contributed by atoms with Gasteiger partial charge in [0.1, 0.15) is 0 Å². The number of hydrogen-bond donors (Lipinski definition) is 1. The molecule has 1 nitrogen and oxygen atoms in total. The maximum atomic E-state index is 9.23. The van der Waals surface area contributed by atoms with Gasteiger partial charge in [0.15, 0.2) is 0 Å². The van der Waals surface area contributed by atoms with Crippen molar-refractivity contribution in [3.63, 3.8) is 0 Å². The van der Waals surface area contributed by atoms with E-state index in [0.29, 0.717) is 12.5 Å². The van der Waals surface area contributed by atoms with Gasteiger partial charge in [-0.2, -0.15) is 0 Å². The molecule has 0 radical (unpaired) electrons. The van der Waals surface area contributed by atoms with E-state index in [0.717, 1.165) is 17.8 Å². The molecule has 0 aromatic rings. The molecule has 0 saturated heterocycles. The van der Waals surface area contributed by atoms with Crippen LogP contribution in [-0.2, 0) is 0 Å². The zero-order valence-electron chi connectivity index (χ0n) is 22.6. The predicted octanol–water partition coefficient (Wildman–Crippen LogP) is 10.3. The summed E-state index contributed by atoms with van der Waals surface area (Å²) in [4.78, 5) is 0. The van der Waals surface area contributed by atoms with Crippen molar-refractivity contribution >= 4 is 0 Å². The molecule has 0 aromatic heterocycles. The summed E-state index contributed by atoms with van der Waals surface area (Å²) < 4.78 is 0. The third kappa shape index (κ3) is 22.9. The van der Waals surface area contributed by atoms with Crippen LogP contribution in [0.4, 0.5) is 0 Å². The van der Waals surface area contributed by atoms with Crippen molar-refractivity contribution in [1.29, 1.82) is 0 Å². The maximum Gasteiger partial charge on any atom is 0.0456 e. The van der Waals surface area contributed by atoms with Gasteiger partial charge in [-0.3, -0.25) is 0 Å². The van der Waals surface area contributed by atoms with Gasteiger partial charge >= 0.3 is 0 Å². The molecular weight excluding hydrogens is 376 g/mol. The Labute approximate surface area is 198 Å². The molecule has 0 aliphatic heterocycles. The van der Waals surface area contributed by atoms with Crippen molar-refractivity contribution in [3.8, 4) is 0 Å². The molecule has 0 saturated carbocycles. The van der Waals surface area contributed by atoms with Gasteiger partial charge in [-0.15, -0.1) is 0 Å². The van der Waals surface area contributed by atoms with Crippen molar-refractivity contribution in [3.05, 3.63) is 0 Å². The minimum absolute atomic E-state index is 0.342. The van der Waals surface area contributed by atoms with Crippen molar-refractivity contribution in [1.82, 2.24) is 0 Å². The van der Waals surface area contributed by atoms with E-state index in [2.05, 4.69) is 34.6 Å². The SMILES string of the molecule is CCCCCCCCCCCCCCCCCCC(C)CC(C)CC(C)CC(C)CO. The summed E-state index contributed by atoms with van der Waals surface area (Å²) in [5.74, 6) is 2.92. The molecule has 0 bridgehead atoms. The summed E-state index contributed by atoms with van der Waals surface area (Å²) >= 11 is 0. The summed E-state index contributed by atoms with van der Waals surface area (Å²) in [5.41, 5.74) is 0. The number of aliphatic hydroxyl groups is 1. The van der Waals surface area contributed by atoms with Gasteiger partial charge in [0.2, 0.25) is 0 Å². The summed E-state index contributed by atoms with van der Waals surface area (Å²) in [7, 11) is 0. The van der Waals surface area contributed by atoms with Crippen LogP contribution in [0.15, 0.2) is 0 Å². The predicted molar refractivity (Wildman–Crippen MR) is 142 cm³/mol. The third-order valence-electron chi connectivity index (χ3n) is 7.28. The molecule has 0 rings (SSSR count). The van der Waals surface area contributed by atoms with Crippen LogP contribution >= 0.6 is 0 Å². The fourth-order valence-corrected chi connectivity index (χ4v) is 5.49. The molecule has 0 heterocycles. The van der Waals surface area contributed by atoms with Crippen molar-refractivity contribution in [2.24, 2.45) is 23.7 Å². The van der Waals surface area contributed by atoms with E-state index in [1.165, 1.54) is 128 Å². The number of unbranched alkanes of at least 4 members (excludes halogenated alkanes) is 15. The topological polar surface area (TPSA) is 20.2 Å². The maximum absolute atomic E-state index is 9.23. The van der Waals surface area contributed by atoms with Crippen LogP contribution in [-0.4, -0.2) is 11.7 Å². The normalized spacial score (nSPS) is 15.7. The summed E-state index contributed by atoms with van der Waals surface area (Å²) in [6, 6.07) is 0. The lowest BCUT2D eigenvalue weighted by molar-refractivity contribution is 0.204. The van der Waals surface area contributed by atoms with Crippen molar-refractivity contribution < 1.29 is 5.11 Å². The van der Waals surface area contributed by atoms with Crippen molar-refractivity contribution in [2.45, 2.75) is 163 Å². The van der Waals surface area contributed by atoms with Gasteiger partial charge in [-0.05, 0) is 42.9 Å². The highest BCUT2D eigenvalue weighted by Crippen LogP contribution is 2.26. The second kappa shape index (κ2) is 23.1. The molecule has 1 heteroatoms. The molecule has 0 amide bonds. The Morgan fingerprint density at radius 1 is 0.419 bits per heavy atom. The highest BCUT2D eigenvalue weighted by Gasteiger charge is 2.14. The van der Waals surface area contributed by atoms with Gasteiger partial charge < -0.3 is 5.11 Å². The Morgan fingerprint density at radius 3 is 1.13 bits per heavy atom. The van der Waals surface area contributed by atoms with E-state index >= 15 is 0 Å². The van der Waals surface area contributed by atoms with Crippen LogP contribution in [0.1, 0.15) is 163 Å². The first-order chi connectivity index (χ1) is 15.0. The van der Waals surface area contributed by atoms with Crippen LogP contribution in [0.2, 0.25) is 0 Å². The fraction of sp³-hybridized carbons (Fsp3) is 1.00. The molecule has 1 N–H and O–H groups in total. The van der Waals surface area contributed by atoms with Crippen LogP contribution in [0, 0.1) is 23.7 Å². The highest BCUT2D eigenvalue weighted by atomic mass is 16.3. The van der Waals surface area contributed by atoms with E-state index in [-0.39, 0.29) is 0 Å². The van der Waals surface area contributed by atoms with Crippen LogP contribution in [0.25, 0.3) is 0 Å². The van der Waals surface area contributed by atoms with E-state index < -0.39 is 0 Å². The standard InChI is InChI=1S/C30H62O/c1-6-7-8-9-10-11-12-13-14-15-16-17-18-19-20-21-22-27(2)23-28(3)24-29(4)25-30(5)26-31/h27-31H,6-26H2,1-5H3. The first kappa shape index (κ1) is 31.0. The first-order valence-corrected chi connectivity index (χ1v) is 14.6. The Bertz CT molecular complexity index is 339. The second-order valence-corrected chi connectivity index (χ2v) is 11.4. The van der Waals surface area contributed by atoms with Crippen LogP contribution < -0.4 is 0 Å². The highest BCUT2D eigenvalue weighted by molar-refractivity contribution is 4.66. The fourth-order valence-electron chi connectivity index (χ4n) is 5.49. The Morgan fingerprint density at radius 2 is 0.742 bits per heavy atom. The number of aliphatic hydroxyl groups excluding tert-OH is 1. The van der Waals surface area contributed by atoms with Crippen molar-refractivity contribution in [2.75, 3.05) is 6.61 Å². The zero-order chi connectivity index (χ0) is 23.2. The Balaban J connectivity index is 3.35. The average molecular weight is 439 g/mol. The number of hydrogen-bond acceptors (Lipinski definition) is 1. The number of rotatable bonds is 24. The van der Waals surface area contributed by atoms with Gasteiger partial charge in [0.25, 0.3) is 0 Å². The minimum Gasteiger partial charge on any atom is -0.396 e. The lowest BCUT2D eigenvalue weighted by atomic mass is 9.84. The van der Waals surface area contributed by atoms with E-state index in [4.69, 9.17) is 0 Å². The molecule has 4 atom stereocenters. The molecule has 31 heavy (non-hydrogen) atoms. The summed E-state index contributed by atoms with van der Waals surface area (Å²) in [6.07, 6.45) is 28.6. The second-order valence-electron chi connectivity index (χ2n) is 11.4. The molecule has 0 aliphatic rings. The van der Waals surface area contributed by atoms with E-state index in [1.54, 1.807) is 0 Å². The smallest absolute Gasteiger partial charge is 0.0456 e. The van der Waals surface area contributed by atoms with Crippen LogP contribution in [0.3, 0.4) is 0 Å². The first-order valence-electron chi connectivity index (χ1n) is 14.6. The van der Waals surface area contributed by atoms with E-state index in [1.807, 2.05) is 0 Å². The lowest BCUT2D eigenvalue weighted by Crippen LogP contribution is -2.12. The largest absolute Gasteiger partial charge is 0.396 e. The van der Waals surface area contributed by atoms with Crippen LogP contribution in [0.5, 0.6) is 0 Å². The summed E-state index contributed by atoms with van der Waals surface area (Å²) in [6.45, 7) is 12.1. The lowest BCUT2D eigenvalue weighted by Gasteiger charge is -2.22. The zero-order valence-corrected chi connectivity index (χ0v) is 22.6. The molecule has 4 unspecified atom stereocenters. The Kier molecular flexibility index (Phi) is 23.1. The molecule has 0 aromatic carbocycles. The monoisotopic (exact) mass is 438 g/mol. The van der Waals surface area contributed by atoms with Gasteiger partial charge in [-0.25, -0.2) is 0 Å².